The Morgan fingerprint density at radius 1 is 1.17 bits per heavy atom. The molecule has 1 aliphatic heterocycles. The van der Waals surface area contributed by atoms with E-state index in [4.69, 9.17) is 4.42 Å². The van der Waals surface area contributed by atoms with Gasteiger partial charge in [-0.2, -0.15) is 0 Å². The van der Waals surface area contributed by atoms with Gasteiger partial charge in [0.1, 0.15) is 11.3 Å². The molecule has 0 spiro atoms. The second-order valence-electron chi connectivity index (χ2n) is 6.68. The number of nitrogens with zero attached hydrogens (tertiary/aromatic N) is 2. The van der Waals surface area contributed by atoms with Crippen molar-refractivity contribution in [1.82, 2.24) is 9.88 Å². The lowest BCUT2D eigenvalue weighted by Gasteiger charge is -2.38. The van der Waals surface area contributed by atoms with Crippen molar-refractivity contribution in [3.8, 4) is 0 Å². The molecule has 0 amide bonds. The zero-order valence-electron chi connectivity index (χ0n) is 13.9. The van der Waals surface area contributed by atoms with Crippen molar-refractivity contribution in [2.24, 2.45) is 0 Å². The minimum absolute atomic E-state index is 0.730. The first-order chi connectivity index (χ1) is 11.7. The number of aromatic nitrogens is 1. The maximum Gasteiger partial charge on any atom is 0.134 e. The molecule has 1 saturated heterocycles. The molecule has 4 heteroatoms. The first-order valence-electron chi connectivity index (χ1n) is 8.48. The lowest BCUT2D eigenvalue weighted by Crippen LogP contribution is -2.42. The predicted octanol–water partition coefficient (Wildman–Crippen LogP) is 3.62. The molecule has 0 atom stereocenters. The Hall–Kier alpha value is -2.17. The summed E-state index contributed by atoms with van der Waals surface area (Å²) in [5.74, 6) is 0.990. The summed E-state index contributed by atoms with van der Waals surface area (Å²) in [5, 5.41) is 12.1. The summed E-state index contributed by atoms with van der Waals surface area (Å²) in [5.41, 5.74) is 2.39. The van der Waals surface area contributed by atoms with E-state index in [1.807, 2.05) is 31.2 Å². The number of para-hydroxylation sites is 1. The molecule has 3 heterocycles. The largest absolute Gasteiger partial charge is 0.461 e. The van der Waals surface area contributed by atoms with Crippen molar-refractivity contribution >= 4 is 11.0 Å². The van der Waals surface area contributed by atoms with Gasteiger partial charge in [0, 0.05) is 48.5 Å². The van der Waals surface area contributed by atoms with Crippen LogP contribution in [0.1, 0.15) is 29.7 Å². The Kier molecular flexibility index (Phi) is 3.87. The number of hydrogen-bond donors (Lipinski definition) is 1. The summed E-state index contributed by atoms with van der Waals surface area (Å²) in [6, 6.07) is 12.1. The van der Waals surface area contributed by atoms with Crippen molar-refractivity contribution in [3.05, 3.63) is 65.7 Å². The maximum atomic E-state index is 10.9. The summed E-state index contributed by atoms with van der Waals surface area (Å²) in [7, 11) is 0. The topological polar surface area (TPSA) is 49.5 Å². The van der Waals surface area contributed by atoms with Crippen LogP contribution in [0.3, 0.4) is 0 Å². The van der Waals surface area contributed by atoms with Crippen LogP contribution < -0.4 is 0 Å². The summed E-state index contributed by atoms with van der Waals surface area (Å²) in [4.78, 5) is 6.54. The molecule has 1 aromatic carbocycles. The Morgan fingerprint density at radius 2 is 1.96 bits per heavy atom. The minimum atomic E-state index is -0.752. The van der Waals surface area contributed by atoms with E-state index < -0.39 is 5.60 Å². The third-order valence-electron chi connectivity index (χ3n) is 5.16. The number of benzene rings is 1. The van der Waals surface area contributed by atoms with Crippen molar-refractivity contribution < 1.29 is 9.52 Å². The molecule has 4 nitrogen and oxygen atoms in total. The van der Waals surface area contributed by atoms with Crippen LogP contribution in [0.15, 0.2) is 53.2 Å². The predicted molar refractivity (Wildman–Crippen MR) is 93.6 cm³/mol. The van der Waals surface area contributed by atoms with Gasteiger partial charge >= 0.3 is 0 Å². The smallest absolute Gasteiger partial charge is 0.134 e. The molecule has 1 aliphatic rings. The van der Waals surface area contributed by atoms with Gasteiger partial charge < -0.3 is 9.52 Å². The Morgan fingerprint density at radius 3 is 2.71 bits per heavy atom. The van der Waals surface area contributed by atoms with Gasteiger partial charge in [0.2, 0.25) is 0 Å². The zero-order valence-corrected chi connectivity index (χ0v) is 13.9. The normalized spacial score (nSPS) is 18.1. The second-order valence-corrected chi connectivity index (χ2v) is 6.68. The molecular formula is C20H22N2O2. The molecular weight excluding hydrogens is 300 g/mol. The van der Waals surface area contributed by atoms with Crippen molar-refractivity contribution in [2.45, 2.75) is 31.9 Å². The first kappa shape index (κ1) is 15.4. The molecule has 24 heavy (non-hydrogen) atoms. The molecule has 3 aromatic rings. The Bertz CT molecular complexity index is 833. The average Bonchev–Trinajstić information content (AvgIpc) is 2.93. The number of furan rings is 1. The van der Waals surface area contributed by atoms with Crippen LogP contribution in [0.2, 0.25) is 0 Å². The van der Waals surface area contributed by atoms with Gasteiger partial charge in [-0.05, 0) is 31.9 Å². The number of hydrogen-bond acceptors (Lipinski definition) is 4. The first-order valence-corrected chi connectivity index (χ1v) is 8.48. The number of pyridine rings is 1. The van der Waals surface area contributed by atoms with Crippen LogP contribution in [0.5, 0.6) is 0 Å². The number of likely N-dealkylation sites (tertiary alicyclic amines) is 1. The molecule has 124 valence electrons. The van der Waals surface area contributed by atoms with E-state index >= 15 is 0 Å². The third-order valence-corrected chi connectivity index (χ3v) is 5.16. The van der Waals surface area contributed by atoms with E-state index in [1.54, 1.807) is 12.4 Å². The highest BCUT2D eigenvalue weighted by Crippen LogP contribution is 2.34. The van der Waals surface area contributed by atoms with Gasteiger partial charge in [-0.15, -0.1) is 0 Å². The Labute approximate surface area is 141 Å². The van der Waals surface area contributed by atoms with E-state index in [9.17, 15) is 5.11 Å². The molecule has 0 radical (unpaired) electrons. The zero-order chi connectivity index (χ0) is 16.6. The number of rotatable bonds is 3. The molecule has 4 rings (SSSR count). The summed E-state index contributed by atoms with van der Waals surface area (Å²) < 4.78 is 5.87. The average molecular weight is 322 g/mol. The van der Waals surface area contributed by atoms with Gasteiger partial charge in [0.05, 0.1) is 5.60 Å². The fourth-order valence-electron chi connectivity index (χ4n) is 3.65. The van der Waals surface area contributed by atoms with E-state index in [0.717, 1.165) is 49.4 Å². The van der Waals surface area contributed by atoms with Crippen LogP contribution >= 0.6 is 0 Å². The van der Waals surface area contributed by atoms with Crippen LogP contribution in [-0.4, -0.2) is 28.1 Å². The SMILES string of the molecule is Cc1oc2ccccc2c1CN1CCC(O)(c2cccnc2)CC1. The lowest BCUT2D eigenvalue weighted by atomic mass is 9.85. The number of aryl methyl sites for hydroxylation is 1. The van der Waals surface area contributed by atoms with Crippen molar-refractivity contribution in [3.63, 3.8) is 0 Å². The molecule has 2 aromatic heterocycles. The van der Waals surface area contributed by atoms with Gasteiger partial charge in [-0.3, -0.25) is 9.88 Å². The number of aliphatic hydroxyl groups is 1. The number of fused-ring (bicyclic) bond motifs is 1. The van der Waals surface area contributed by atoms with Crippen molar-refractivity contribution in [2.75, 3.05) is 13.1 Å². The summed E-state index contributed by atoms with van der Waals surface area (Å²) in [6.45, 7) is 4.63. The summed E-state index contributed by atoms with van der Waals surface area (Å²) in [6.07, 6.45) is 4.99. The lowest BCUT2D eigenvalue weighted by molar-refractivity contribution is -0.0279. The second kappa shape index (κ2) is 6.04. The van der Waals surface area contributed by atoms with E-state index in [2.05, 4.69) is 22.0 Å². The van der Waals surface area contributed by atoms with Crippen LogP contribution in [0.4, 0.5) is 0 Å². The van der Waals surface area contributed by atoms with Gasteiger partial charge in [0.25, 0.3) is 0 Å². The quantitative estimate of drug-likeness (QED) is 0.800. The fraction of sp³-hybridized carbons (Fsp3) is 0.350. The third kappa shape index (κ3) is 2.72. The highest BCUT2D eigenvalue weighted by molar-refractivity contribution is 5.82. The molecule has 1 fully saturated rings. The van der Waals surface area contributed by atoms with E-state index in [1.165, 1.54) is 10.9 Å². The molecule has 0 bridgehead atoms. The Balaban J connectivity index is 1.49. The van der Waals surface area contributed by atoms with Gasteiger partial charge in [-0.25, -0.2) is 0 Å². The van der Waals surface area contributed by atoms with Crippen LogP contribution in [0.25, 0.3) is 11.0 Å². The van der Waals surface area contributed by atoms with E-state index in [-0.39, 0.29) is 0 Å². The van der Waals surface area contributed by atoms with Crippen molar-refractivity contribution in [1.29, 1.82) is 0 Å². The highest BCUT2D eigenvalue weighted by Gasteiger charge is 2.34. The monoisotopic (exact) mass is 322 g/mol. The van der Waals surface area contributed by atoms with Gasteiger partial charge in [-0.1, -0.05) is 24.3 Å². The molecule has 0 unspecified atom stereocenters. The maximum absolute atomic E-state index is 10.9. The van der Waals surface area contributed by atoms with Crippen LogP contribution in [-0.2, 0) is 12.1 Å². The fourth-order valence-corrected chi connectivity index (χ4v) is 3.65. The standard InChI is InChI=1S/C20H22N2O2/c1-15-18(17-6-2-3-7-19(17)24-15)14-22-11-8-20(23,9-12-22)16-5-4-10-21-13-16/h2-7,10,13,23H,8-9,11-12,14H2,1H3. The van der Waals surface area contributed by atoms with E-state index in [0.29, 0.717) is 0 Å². The van der Waals surface area contributed by atoms with Crippen LogP contribution in [0, 0.1) is 6.92 Å². The van der Waals surface area contributed by atoms with Gasteiger partial charge in [0.15, 0.2) is 0 Å². The molecule has 0 saturated carbocycles. The minimum Gasteiger partial charge on any atom is -0.461 e. The molecule has 0 aliphatic carbocycles. The summed E-state index contributed by atoms with van der Waals surface area (Å²) >= 11 is 0. The highest BCUT2D eigenvalue weighted by atomic mass is 16.3. The molecule has 1 N–H and O–H groups in total. The number of piperidine rings is 1.